The Morgan fingerprint density at radius 2 is 1.89 bits per heavy atom. The minimum Gasteiger partial charge on any atom is -0.249 e. The molecule has 0 fully saturated rings. The minimum absolute atomic E-state index is 0.0109. The molecule has 0 bridgehead atoms. The summed E-state index contributed by atoms with van der Waals surface area (Å²) in [6.07, 6.45) is 3.05. The number of fused-ring (bicyclic) bond motifs is 2. The number of nitrogens with zero attached hydrogens (tertiary/aromatic N) is 2. The number of benzene rings is 1. The molecule has 0 amide bonds. The second kappa shape index (κ2) is 3.35. The van der Waals surface area contributed by atoms with E-state index in [-0.39, 0.29) is 5.56 Å². The first-order chi connectivity index (χ1) is 9.19. The molecular formula is C15H9F2N2+. The maximum absolute atomic E-state index is 14.6. The van der Waals surface area contributed by atoms with Crippen LogP contribution in [-0.4, -0.2) is 4.98 Å². The van der Waals surface area contributed by atoms with E-state index < -0.39 is 6.05 Å². The molecule has 2 aromatic heterocycles. The molecule has 3 aromatic rings. The van der Waals surface area contributed by atoms with Gasteiger partial charge in [-0.3, -0.25) is 0 Å². The summed E-state index contributed by atoms with van der Waals surface area (Å²) in [4.78, 5) is 4.29. The van der Waals surface area contributed by atoms with Gasteiger partial charge in [-0.25, -0.2) is 4.98 Å². The van der Waals surface area contributed by atoms with Gasteiger partial charge in [0.1, 0.15) is 11.3 Å². The topological polar surface area (TPSA) is 16.8 Å². The van der Waals surface area contributed by atoms with E-state index in [1.807, 2.05) is 6.07 Å². The van der Waals surface area contributed by atoms with Crippen molar-refractivity contribution in [1.29, 1.82) is 0 Å². The Labute approximate surface area is 108 Å². The molecule has 1 aromatic carbocycles. The van der Waals surface area contributed by atoms with Crippen LogP contribution in [0.3, 0.4) is 0 Å². The van der Waals surface area contributed by atoms with Crippen molar-refractivity contribution in [1.82, 2.24) is 4.98 Å². The Balaban J connectivity index is 2.28. The van der Waals surface area contributed by atoms with Crippen molar-refractivity contribution < 1.29 is 13.3 Å². The molecule has 1 aliphatic heterocycles. The Hall–Kier alpha value is -2.36. The van der Waals surface area contributed by atoms with Gasteiger partial charge in [0.05, 0.1) is 0 Å². The molecule has 0 radical (unpaired) electrons. The summed E-state index contributed by atoms with van der Waals surface area (Å²) in [6.45, 7) is 0. The average molecular weight is 255 g/mol. The summed E-state index contributed by atoms with van der Waals surface area (Å²) >= 11 is 0. The standard InChI is InChI=1S/C15H9F2N2/c16-15(17)11-5-3-4-10-7-8-18-14(13(10)11)12-6-1-2-9-19(12)15/h1-9H/q+1. The zero-order valence-corrected chi connectivity index (χ0v) is 9.85. The first-order valence-electron chi connectivity index (χ1n) is 5.97. The highest BCUT2D eigenvalue weighted by Crippen LogP contribution is 2.39. The van der Waals surface area contributed by atoms with E-state index in [2.05, 4.69) is 4.98 Å². The van der Waals surface area contributed by atoms with Gasteiger partial charge in [0.2, 0.25) is 5.69 Å². The van der Waals surface area contributed by atoms with E-state index in [0.717, 1.165) is 9.95 Å². The van der Waals surface area contributed by atoms with Crippen molar-refractivity contribution >= 4 is 10.8 Å². The van der Waals surface area contributed by atoms with E-state index >= 15 is 0 Å². The molecule has 0 atom stereocenters. The Bertz CT molecular complexity index is 807. The highest BCUT2D eigenvalue weighted by Gasteiger charge is 2.50. The lowest BCUT2D eigenvalue weighted by Crippen LogP contribution is -2.54. The maximum atomic E-state index is 14.6. The summed E-state index contributed by atoms with van der Waals surface area (Å²) in [6, 6.07) is 8.69. The second-order valence-corrected chi connectivity index (χ2v) is 4.56. The van der Waals surface area contributed by atoms with Gasteiger partial charge in [-0.2, -0.15) is 0 Å². The van der Waals surface area contributed by atoms with Crippen LogP contribution in [0.25, 0.3) is 22.2 Å². The predicted molar refractivity (Wildman–Crippen MR) is 66.7 cm³/mol. The third-order valence-corrected chi connectivity index (χ3v) is 3.52. The average Bonchev–Trinajstić information content (AvgIpc) is 2.45. The molecule has 2 nitrogen and oxygen atoms in total. The summed E-state index contributed by atoms with van der Waals surface area (Å²) in [5.74, 6) is 0. The van der Waals surface area contributed by atoms with E-state index in [1.165, 1.54) is 12.3 Å². The molecule has 0 aliphatic carbocycles. The van der Waals surface area contributed by atoms with E-state index in [1.54, 1.807) is 36.5 Å². The van der Waals surface area contributed by atoms with Crippen LogP contribution < -0.4 is 4.57 Å². The SMILES string of the molecule is FC1(F)c2cccc3ccnc(c23)-c2cccc[n+]21. The summed E-state index contributed by atoms with van der Waals surface area (Å²) in [7, 11) is 0. The highest BCUT2D eigenvalue weighted by atomic mass is 19.3. The summed E-state index contributed by atoms with van der Waals surface area (Å²) in [5, 5.41) is 1.33. The van der Waals surface area contributed by atoms with Crippen LogP contribution in [0.4, 0.5) is 8.78 Å². The lowest BCUT2D eigenvalue weighted by atomic mass is 9.96. The predicted octanol–water partition coefficient (Wildman–Crippen LogP) is 3.10. The molecule has 1 aliphatic rings. The number of hydrogen-bond acceptors (Lipinski definition) is 1. The number of alkyl halides is 2. The fourth-order valence-electron chi connectivity index (χ4n) is 2.69. The third-order valence-electron chi connectivity index (χ3n) is 3.52. The number of aromatic nitrogens is 2. The van der Waals surface area contributed by atoms with Crippen LogP contribution in [0.5, 0.6) is 0 Å². The Morgan fingerprint density at radius 3 is 2.79 bits per heavy atom. The molecule has 92 valence electrons. The van der Waals surface area contributed by atoms with Gasteiger partial charge in [0.15, 0.2) is 6.20 Å². The van der Waals surface area contributed by atoms with Crippen LogP contribution in [0.1, 0.15) is 5.56 Å². The second-order valence-electron chi connectivity index (χ2n) is 4.56. The van der Waals surface area contributed by atoms with Crippen LogP contribution in [0, 0.1) is 0 Å². The van der Waals surface area contributed by atoms with Crippen molar-refractivity contribution in [2.75, 3.05) is 0 Å². The lowest BCUT2D eigenvalue weighted by molar-refractivity contribution is -0.803. The van der Waals surface area contributed by atoms with Crippen LogP contribution in [-0.2, 0) is 6.05 Å². The summed E-state index contributed by atoms with van der Waals surface area (Å²) < 4.78 is 30.2. The van der Waals surface area contributed by atoms with Crippen molar-refractivity contribution in [2.24, 2.45) is 0 Å². The van der Waals surface area contributed by atoms with Crippen molar-refractivity contribution in [3.05, 3.63) is 60.4 Å². The van der Waals surface area contributed by atoms with Gasteiger partial charge < -0.3 is 0 Å². The van der Waals surface area contributed by atoms with Crippen molar-refractivity contribution in [2.45, 2.75) is 6.05 Å². The smallest absolute Gasteiger partial charge is 0.249 e. The molecule has 0 saturated heterocycles. The van der Waals surface area contributed by atoms with E-state index in [4.69, 9.17) is 0 Å². The number of pyridine rings is 2. The zero-order chi connectivity index (χ0) is 13.0. The molecule has 3 heterocycles. The van der Waals surface area contributed by atoms with E-state index in [0.29, 0.717) is 16.8 Å². The van der Waals surface area contributed by atoms with Gasteiger partial charge in [-0.05, 0) is 23.6 Å². The van der Waals surface area contributed by atoms with E-state index in [9.17, 15) is 8.78 Å². The van der Waals surface area contributed by atoms with Gasteiger partial charge >= 0.3 is 6.05 Å². The fraction of sp³-hybridized carbons (Fsp3) is 0.0667. The molecule has 4 heteroatoms. The molecule has 19 heavy (non-hydrogen) atoms. The first kappa shape index (κ1) is 10.6. The number of halogens is 2. The highest BCUT2D eigenvalue weighted by molar-refractivity contribution is 5.96. The Morgan fingerprint density at radius 1 is 1.00 bits per heavy atom. The quantitative estimate of drug-likeness (QED) is 0.564. The van der Waals surface area contributed by atoms with Crippen LogP contribution in [0.2, 0.25) is 0 Å². The third kappa shape index (κ3) is 1.23. The van der Waals surface area contributed by atoms with Gasteiger partial charge in [0, 0.05) is 23.7 Å². The lowest BCUT2D eigenvalue weighted by Gasteiger charge is -2.21. The number of rotatable bonds is 0. The van der Waals surface area contributed by atoms with Gasteiger partial charge in [-0.1, -0.05) is 12.1 Å². The fourth-order valence-corrected chi connectivity index (χ4v) is 2.69. The molecule has 4 rings (SSSR count). The molecule has 0 unspecified atom stereocenters. The van der Waals surface area contributed by atoms with Crippen LogP contribution in [0.15, 0.2) is 54.9 Å². The molecule has 0 N–H and O–H groups in total. The van der Waals surface area contributed by atoms with Crippen molar-refractivity contribution in [3.63, 3.8) is 0 Å². The Kier molecular flexibility index (Phi) is 1.86. The maximum Gasteiger partial charge on any atom is 0.491 e. The number of hydrogen-bond donors (Lipinski definition) is 0. The molecular weight excluding hydrogens is 246 g/mol. The normalized spacial score (nSPS) is 15.3. The van der Waals surface area contributed by atoms with Gasteiger partial charge in [0.25, 0.3) is 0 Å². The zero-order valence-electron chi connectivity index (χ0n) is 9.85. The monoisotopic (exact) mass is 255 g/mol. The molecule has 0 spiro atoms. The molecule has 0 saturated carbocycles. The van der Waals surface area contributed by atoms with Crippen molar-refractivity contribution in [3.8, 4) is 11.4 Å². The minimum atomic E-state index is -3.05. The largest absolute Gasteiger partial charge is 0.491 e. The summed E-state index contributed by atoms with van der Waals surface area (Å²) in [5.41, 5.74) is 1.06. The van der Waals surface area contributed by atoms with Crippen LogP contribution >= 0.6 is 0 Å². The van der Waals surface area contributed by atoms with Gasteiger partial charge in [-0.15, -0.1) is 13.3 Å². The first-order valence-corrected chi connectivity index (χ1v) is 5.97.